The Labute approximate surface area is 248 Å². The smallest absolute Gasteiger partial charge is 0.346 e. The Kier molecular flexibility index (Phi) is 7.49. The van der Waals surface area contributed by atoms with Crippen LogP contribution in [0.1, 0.15) is 49.1 Å². The van der Waals surface area contributed by atoms with E-state index in [1.54, 1.807) is 17.4 Å². The second-order valence-corrected chi connectivity index (χ2v) is 12.7. The number of allylic oxidation sites excluding steroid dienone is 4. The van der Waals surface area contributed by atoms with Crippen LogP contribution in [-0.2, 0) is 4.79 Å². The number of carboxylic acid groups (broad SMARTS) is 1. The topological polar surface area (TPSA) is 64.3 Å². The van der Waals surface area contributed by atoms with Gasteiger partial charge in [0.1, 0.15) is 11.6 Å². The van der Waals surface area contributed by atoms with E-state index in [0.29, 0.717) is 5.92 Å². The van der Waals surface area contributed by atoms with Gasteiger partial charge >= 0.3 is 5.97 Å². The van der Waals surface area contributed by atoms with Gasteiger partial charge in [-0.1, -0.05) is 68.8 Å². The molecule has 204 valence electrons. The molecule has 2 aromatic carbocycles. The highest BCUT2D eigenvalue weighted by Crippen LogP contribution is 2.47. The molecule has 4 nitrogen and oxygen atoms in total. The molecule has 0 bridgehead atoms. The predicted molar refractivity (Wildman–Crippen MR) is 173 cm³/mol. The summed E-state index contributed by atoms with van der Waals surface area (Å²) in [5, 5.41) is 18.2. The van der Waals surface area contributed by atoms with Crippen LogP contribution in [0.5, 0.6) is 0 Å². The minimum Gasteiger partial charge on any atom is -0.477 e. The third-order valence-corrected chi connectivity index (χ3v) is 9.99. The Morgan fingerprint density at radius 3 is 2.63 bits per heavy atom. The van der Waals surface area contributed by atoms with Crippen LogP contribution in [0.4, 0.5) is 5.69 Å². The number of benzene rings is 2. The number of carbonyl (C=O) groups is 1. The van der Waals surface area contributed by atoms with E-state index < -0.39 is 5.97 Å². The molecule has 0 saturated carbocycles. The van der Waals surface area contributed by atoms with Crippen molar-refractivity contribution in [2.24, 2.45) is 5.92 Å². The molecule has 6 heteroatoms. The molecule has 0 radical (unpaired) electrons. The number of unbranched alkanes of at least 4 members (excludes halogenated alkanes) is 1. The van der Waals surface area contributed by atoms with Gasteiger partial charge in [-0.25, -0.2) is 4.79 Å². The molecule has 1 N–H and O–H groups in total. The number of hydrogen-bond donors (Lipinski definition) is 1. The molecule has 2 aromatic heterocycles. The Balaban J connectivity index is 1.33. The largest absolute Gasteiger partial charge is 0.477 e. The molecule has 6 rings (SSSR count). The van der Waals surface area contributed by atoms with Crippen molar-refractivity contribution in [3.05, 3.63) is 106 Å². The maximum Gasteiger partial charge on any atom is 0.346 e. The second-order valence-electron chi connectivity index (χ2n) is 10.5. The first-order chi connectivity index (χ1) is 20.0. The van der Waals surface area contributed by atoms with Gasteiger partial charge in [0.25, 0.3) is 0 Å². The van der Waals surface area contributed by atoms with E-state index in [0.717, 1.165) is 39.2 Å². The van der Waals surface area contributed by atoms with Crippen molar-refractivity contribution < 1.29 is 9.90 Å². The molecule has 1 atom stereocenters. The summed E-state index contributed by atoms with van der Waals surface area (Å²) in [7, 11) is 0. The van der Waals surface area contributed by atoms with Crippen molar-refractivity contribution in [3.63, 3.8) is 0 Å². The van der Waals surface area contributed by atoms with E-state index in [1.165, 1.54) is 62.4 Å². The van der Waals surface area contributed by atoms with Gasteiger partial charge in [0.15, 0.2) is 0 Å². The average Bonchev–Trinajstić information content (AvgIpc) is 3.55. The van der Waals surface area contributed by atoms with E-state index >= 15 is 0 Å². The minimum absolute atomic E-state index is 0.250. The lowest BCUT2D eigenvalue weighted by atomic mass is 9.79. The Morgan fingerprint density at radius 1 is 1.12 bits per heavy atom. The SMILES string of the molecule is CCCCN1C2=C(/C(=C/c3ccc(-c4cc5sc(/C=C(/C#N)C(=O)O)cc5s4)cc3)c3ccccc31)C(C)CC=C2. The van der Waals surface area contributed by atoms with Crippen molar-refractivity contribution in [1.82, 2.24) is 0 Å². The number of aliphatic carboxylic acids is 1. The summed E-state index contributed by atoms with van der Waals surface area (Å²) >= 11 is 3.19. The lowest BCUT2D eigenvalue weighted by molar-refractivity contribution is -0.132. The number of fused-ring (bicyclic) bond motifs is 2. The fourth-order valence-corrected chi connectivity index (χ4v) is 8.03. The van der Waals surface area contributed by atoms with Crippen LogP contribution in [0.2, 0.25) is 0 Å². The van der Waals surface area contributed by atoms with E-state index in [9.17, 15) is 4.79 Å². The lowest BCUT2D eigenvalue weighted by Gasteiger charge is -2.39. The average molecular weight is 575 g/mol. The number of nitriles is 1. The first-order valence-electron chi connectivity index (χ1n) is 14.0. The van der Waals surface area contributed by atoms with Crippen molar-refractivity contribution in [2.45, 2.75) is 33.1 Å². The van der Waals surface area contributed by atoms with Gasteiger partial charge in [0.05, 0.1) is 0 Å². The third kappa shape index (κ3) is 5.19. The van der Waals surface area contributed by atoms with Crippen molar-refractivity contribution in [1.29, 1.82) is 5.26 Å². The predicted octanol–water partition coefficient (Wildman–Crippen LogP) is 9.63. The normalized spacial score (nSPS) is 17.6. The number of para-hydroxylation sites is 1. The Bertz CT molecular complexity index is 1780. The van der Waals surface area contributed by atoms with Crippen LogP contribution in [0.3, 0.4) is 0 Å². The molecule has 4 aromatic rings. The van der Waals surface area contributed by atoms with Crippen LogP contribution < -0.4 is 4.90 Å². The maximum atomic E-state index is 11.2. The van der Waals surface area contributed by atoms with Gasteiger partial charge in [-0.15, -0.1) is 22.7 Å². The summed E-state index contributed by atoms with van der Waals surface area (Å²) in [5.74, 6) is -0.746. The summed E-state index contributed by atoms with van der Waals surface area (Å²) in [4.78, 5) is 15.7. The second kappa shape index (κ2) is 11.4. The van der Waals surface area contributed by atoms with Crippen molar-refractivity contribution >= 4 is 61.5 Å². The van der Waals surface area contributed by atoms with Crippen molar-refractivity contribution in [2.75, 3.05) is 11.4 Å². The van der Waals surface area contributed by atoms with E-state index in [4.69, 9.17) is 10.4 Å². The van der Waals surface area contributed by atoms with E-state index in [1.807, 2.05) is 6.07 Å². The van der Waals surface area contributed by atoms with Crippen LogP contribution in [0, 0.1) is 17.2 Å². The van der Waals surface area contributed by atoms with Gasteiger partial charge in [-0.3, -0.25) is 0 Å². The summed E-state index contributed by atoms with van der Waals surface area (Å²) in [6.07, 6.45) is 11.8. The van der Waals surface area contributed by atoms with Gasteiger partial charge in [-0.2, -0.15) is 5.26 Å². The molecule has 0 fully saturated rings. The fourth-order valence-electron chi connectivity index (χ4n) is 5.67. The molecule has 1 aliphatic carbocycles. The molecule has 41 heavy (non-hydrogen) atoms. The highest BCUT2D eigenvalue weighted by molar-refractivity contribution is 7.29. The van der Waals surface area contributed by atoms with Gasteiger partial charge in [0.2, 0.25) is 0 Å². The van der Waals surface area contributed by atoms with Crippen LogP contribution in [0.25, 0.3) is 37.6 Å². The lowest BCUT2D eigenvalue weighted by Crippen LogP contribution is -2.31. The fraction of sp³-hybridized carbons (Fsp3) is 0.200. The summed E-state index contributed by atoms with van der Waals surface area (Å²) < 4.78 is 2.19. The number of nitrogens with zero attached hydrogens (tertiary/aromatic N) is 2. The molecule has 0 amide bonds. The zero-order valence-electron chi connectivity index (χ0n) is 23.1. The zero-order chi connectivity index (χ0) is 28.5. The first kappa shape index (κ1) is 27.0. The molecule has 1 aliphatic heterocycles. The molecule has 0 spiro atoms. The molecule has 1 unspecified atom stereocenters. The third-order valence-electron chi connectivity index (χ3n) is 7.71. The quantitative estimate of drug-likeness (QED) is 0.176. The minimum atomic E-state index is -1.20. The van der Waals surface area contributed by atoms with Gasteiger partial charge in [-0.05, 0) is 77.5 Å². The number of rotatable bonds is 7. The Hall–Kier alpha value is -4.18. The molecule has 2 aliphatic rings. The van der Waals surface area contributed by atoms with Crippen LogP contribution in [0.15, 0.2) is 89.7 Å². The first-order valence-corrected chi connectivity index (χ1v) is 15.6. The zero-order valence-corrected chi connectivity index (χ0v) is 24.7. The van der Waals surface area contributed by atoms with Crippen LogP contribution in [-0.4, -0.2) is 17.6 Å². The van der Waals surface area contributed by atoms with Crippen LogP contribution >= 0.6 is 22.7 Å². The standard InChI is InChI=1S/C35H30N2O2S2/c1-3-4-16-37-29-10-6-5-9-27(29)28(34-22(2)8-7-11-30(34)37)17-23-12-14-24(15-13-23)31-20-33-32(41-31)19-26(40-33)18-25(21-36)35(38)39/h5-7,9-15,17-20,22H,3-4,8,16H2,1-2H3,(H,38,39)/b25-18-,28-17+. The highest BCUT2D eigenvalue weighted by Gasteiger charge is 2.31. The van der Waals surface area contributed by atoms with Gasteiger partial charge in [0, 0.05) is 42.6 Å². The number of hydrogen-bond acceptors (Lipinski definition) is 5. The monoisotopic (exact) mass is 574 g/mol. The molecular formula is C35H30N2O2S2. The van der Waals surface area contributed by atoms with E-state index in [-0.39, 0.29) is 5.57 Å². The van der Waals surface area contributed by atoms with E-state index in [2.05, 4.69) is 91.6 Å². The molecule has 0 saturated heterocycles. The summed E-state index contributed by atoms with van der Waals surface area (Å²) in [6.45, 7) is 5.62. The summed E-state index contributed by atoms with van der Waals surface area (Å²) in [5.41, 5.74) is 8.79. The number of carboxylic acids is 1. The molecular weight excluding hydrogens is 545 g/mol. The molecule has 3 heterocycles. The maximum absolute atomic E-state index is 11.2. The summed E-state index contributed by atoms with van der Waals surface area (Å²) in [6, 6.07) is 23.4. The highest BCUT2D eigenvalue weighted by atomic mass is 32.1. The Morgan fingerprint density at radius 2 is 1.90 bits per heavy atom. The number of thiophene rings is 2. The number of anilines is 1. The van der Waals surface area contributed by atoms with Gasteiger partial charge < -0.3 is 10.0 Å². The van der Waals surface area contributed by atoms with Crippen molar-refractivity contribution in [3.8, 4) is 16.5 Å².